The van der Waals surface area contributed by atoms with Crippen molar-refractivity contribution >= 4 is 33.6 Å². The maximum atomic E-state index is 13.0. The largest absolute Gasteiger partial charge is 0.282 e. The van der Waals surface area contributed by atoms with Gasteiger partial charge in [0.25, 0.3) is 0 Å². The molecule has 2 aliphatic rings. The molecule has 1 aliphatic carbocycles. The van der Waals surface area contributed by atoms with Crippen LogP contribution in [0.1, 0.15) is 43.6 Å². The molecule has 0 radical (unpaired) electrons. The third-order valence-corrected chi connectivity index (χ3v) is 8.83. The first-order chi connectivity index (χ1) is 13.5. The van der Waals surface area contributed by atoms with E-state index in [4.69, 9.17) is 12.2 Å². The highest BCUT2D eigenvalue weighted by atomic mass is 32.2. The van der Waals surface area contributed by atoms with Crippen LogP contribution in [0.5, 0.6) is 0 Å². The Hall–Kier alpha value is -1.13. The Morgan fingerprint density at radius 3 is 2.32 bits per heavy atom. The number of aromatic nitrogens is 2. The van der Waals surface area contributed by atoms with Crippen LogP contribution in [0.2, 0.25) is 0 Å². The molecular formula is C19H26N4O2S3. The van der Waals surface area contributed by atoms with E-state index in [0.29, 0.717) is 43.7 Å². The molecule has 1 saturated carbocycles. The van der Waals surface area contributed by atoms with Crippen molar-refractivity contribution in [2.24, 2.45) is 0 Å². The number of benzene rings is 1. The lowest BCUT2D eigenvalue weighted by Gasteiger charge is -2.33. The molecule has 4 rings (SSSR count). The summed E-state index contributed by atoms with van der Waals surface area (Å²) in [4.78, 5) is 2.59. The molecule has 2 aromatic rings. The highest BCUT2D eigenvalue weighted by molar-refractivity contribution is 7.89. The molecule has 28 heavy (non-hydrogen) atoms. The number of sulfonamides is 1. The molecule has 1 aromatic carbocycles. The summed E-state index contributed by atoms with van der Waals surface area (Å²) >= 11 is 6.68. The van der Waals surface area contributed by atoms with Gasteiger partial charge in [0.15, 0.2) is 3.95 Å². The van der Waals surface area contributed by atoms with Gasteiger partial charge in [-0.05, 0) is 48.7 Å². The van der Waals surface area contributed by atoms with Gasteiger partial charge >= 0.3 is 0 Å². The highest BCUT2D eigenvalue weighted by Gasteiger charge is 2.29. The topological polar surface area (TPSA) is 58.4 Å². The lowest BCUT2D eigenvalue weighted by atomic mass is 9.84. The monoisotopic (exact) mass is 438 g/mol. The minimum atomic E-state index is -3.44. The van der Waals surface area contributed by atoms with Gasteiger partial charge in [-0.25, -0.2) is 13.1 Å². The predicted molar refractivity (Wildman–Crippen MR) is 114 cm³/mol. The molecule has 2 heterocycles. The van der Waals surface area contributed by atoms with E-state index >= 15 is 0 Å². The molecule has 6 nitrogen and oxygen atoms in total. The van der Waals surface area contributed by atoms with Gasteiger partial charge < -0.3 is 0 Å². The molecule has 2 fully saturated rings. The normalized spacial score (nSPS) is 20.4. The molecule has 0 unspecified atom stereocenters. The maximum Gasteiger partial charge on any atom is 0.243 e. The predicted octanol–water partition coefficient (Wildman–Crippen LogP) is 3.69. The fraction of sp³-hybridized carbons (Fsp3) is 0.579. The molecule has 0 N–H and O–H groups in total. The van der Waals surface area contributed by atoms with Crippen molar-refractivity contribution in [2.45, 2.75) is 49.6 Å². The van der Waals surface area contributed by atoms with Crippen molar-refractivity contribution in [3.05, 3.63) is 39.3 Å². The van der Waals surface area contributed by atoms with Crippen molar-refractivity contribution < 1.29 is 8.42 Å². The molecule has 0 spiro atoms. The zero-order valence-electron chi connectivity index (χ0n) is 15.9. The third kappa shape index (κ3) is 4.38. The molecular weight excluding hydrogens is 412 g/mol. The first-order valence-corrected chi connectivity index (χ1v) is 12.6. The molecule has 1 aromatic heterocycles. The summed E-state index contributed by atoms with van der Waals surface area (Å²) in [6.07, 6.45) is 6.32. The smallest absolute Gasteiger partial charge is 0.243 e. The van der Waals surface area contributed by atoms with Crippen molar-refractivity contribution in [1.82, 2.24) is 19.0 Å². The van der Waals surface area contributed by atoms with Crippen LogP contribution in [0.25, 0.3) is 0 Å². The van der Waals surface area contributed by atoms with Gasteiger partial charge in [-0.2, -0.15) is 9.40 Å². The minimum absolute atomic E-state index is 0.405. The maximum absolute atomic E-state index is 13.0. The summed E-state index contributed by atoms with van der Waals surface area (Å²) in [5.74, 6) is 0.589. The van der Waals surface area contributed by atoms with E-state index < -0.39 is 10.0 Å². The Morgan fingerprint density at radius 1 is 1.04 bits per heavy atom. The fourth-order valence-electron chi connectivity index (χ4n) is 4.13. The van der Waals surface area contributed by atoms with Crippen molar-refractivity contribution in [3.63, 3.8) is 0 Å². The molecule has 9 heteroatoms. The highest BCUT2D eigenvalue weighted by Crippen LogP contribution is 2.33. The molecule has 0 atom stereocenters. The van der Waals surface area contributed by atoms with Gasteiger partial charge in [0, 0.05) is 26.2 Å². The quantitative estimate of drug-likeness (QED) is 0.667. The van der Waals surface area contributed by atoms with Crippen LogP contribution in [-0.2, 0) is 16.7 Å². The summed E-state index contributed by atoms with van der Waals surface area (Å²) in [6.45, 7) is 2.96. The lowest BCUT2D eigenvalue weighted by molar-refractivity contribution is 0.145. The average molecular weight is 439 g/mol. The van der Waals surface area contributed by atoms with E-state index in [1.54, 1.807) is 26.6 Å². The lowest BCUT2D eigenvalue weighted by Crippen LogP contribution is -2.48. The summed E-state index contributed by atoms with van der Waals surface area (Å²) < 4.78 is 30.2. The van der Waals surface area contributed by atoms with E-state index in [-0.39, 0.29) is 0 Å². The summed E-state index contributed by atoms with van der Waals surface area (Å²) in [6, 6.07) is 7.62. The Labute approximate surface area is 175 Å². The van der Waals surface area contributed by atoms with Crippen LogP contribution < -0.4 is 0 Å². The summed E-state index contributed by atoms with van der Waals surface area (Å²) in [7, 11) is -3.44. The van der Waals surface area contributed by atoms with E-state index in [9.17, 15) is 8.42 Å². The van der Waals surface area contributed by atoms with Gasteiger partial charge in [-0.15, -0.1) is 0 Å². The second kappa shape index (κ2) is 8.71. The Balaban J connectivity index is 1.38. The van der Waals surface area contributed by atoms with Gasteiger partial charge in [0.1, 0.15) is 5.51 Å². The second-order valence-electron chi connectivity index (χ2n) is 7.57. The van der Waals surface area contributed by atoms with Crippen LogP contribution in [0.3, 0.4) is 0 Å². The fourth-order valence-corrected chi connectivity index (χ4v) is 6.26. The SMILES string of the molecule is O=S(=O)(c1ccc(C2CCCCC2)cc1)N1CCN(Cn2ncsc2=S)CC1. The van der Waals surface area contributed by atoms with Gasteiger partial charge in [0.2, 0.25) is 10.0 Å². The zero-order chi connectivity index (χ0) is 19.6. The van der Waals surface area contributed by atoms with Crippen molar-refractivity contribution in [1.29, 1.82) is 0 Å². The second-order valence-corrected chi connectivity index (χ2v) is 11.0. The first-order valence-electron chi connectivity index (χ1n) is 9.87. The minimum Gasteiger partial charge on any atom is -0.282 e. The number of hydrogen-bond acceptors (Lipinski definition) is 6. The van der Waals surface area contributed by atoms with E-state index in [1.165, 1.54) is 49.0 Å². The average Bonchev–Trinajstić information content (AvgIpc) is 3.14. The summed E-state index contributed by atoms with van der Waals surface area (Å²) in [5, 5.41) is 4.23. The van der Waals surface area contributed by atoms with Crippen LogP contribution in [0.15, 0.2) is 34.7 Å². The van der Waals surface area contributed by atoms with Crippen LogP contribution in [-0.4, -0.2) is 53.6 Å². The van der Waals surface area contributed by atoms with E-state index in [2.05, 4.69) is 10.00 Å². The van der Waals surface area contributed by atoms with E-state index in [1.807, 2.05) is 12.1 Å². The van der Waals surface area contributed by atoms with Gasteiger partial charge in [0.05, 0.1) is 11.6 Å². The number of nitrogens with zero attached hydrogens (tertiary/aromatic N) is 4. The van der Waals surface area contributed by atoms with Crippen molar-refractivity contribution in [2.75, 3.05) is 26.2 Å². The summed E-state index contributed by atoms with van der Waals surface area (Å²) in [5.41, 5.74) is 3.02. The third-order valence-electron chi connectivity index (χ3n) is 5.81. The van der Waals surface area contributed by atoms with Gasteiger partial charge in [-0.1, -0.05) is 42.7 Å². The molecule has 1 aliphatic heterocycles. The Kier molecular flexibility index (Phi) is 6.27. The molecule has 152 valence electrons. The molecule has 0 amide bonds. The van der Waals surface area contributed by atoms with Gasteiger partial charge in [-0.3, -0.25) is 4.90 Å². The molecule has 1 saturated heterocycles. The van der Waals surface area contributed by atoms with Crippen LogP contribution in [0, 0.1) is 3.95 Å². The number of piperazine rings is 1. The zero-order valence-corrected chi connectivity index (χ0v) is 18.3. The van der Waals surface area contributed by atoms with Crippen LogP contribution in [0.4, 0.5) is 0 Å². The Morgan fingerprint density at radius 2 is 1.71 bits per heavy atom. The van der Waals surface area contributed by atoms with E-state index in [0.717, 1.165) is 3.95 Å². The number of rotatable bonds is 5. The Bertz CT molecular complexity index is 938. The van der Waals surface area contributed by atoms with Crippen molar-refractivity contribution in [3.8, 4) is 0 Å². The van der Waals surface area contributed by atoms with Crippen LogP contribution >= 0.6 is 23.6 Å². The molecule has 0 bridgehead atoms. The standard InChI is InChI=1S/C19H26N4O2S3/c24-28(25,18-8-6-17(7-9-18)16-4-2-1-3-5-16)22-12-10-21(11-13-22)15-23-19(26)27-14-20-23/h6-9,14,16H,1-5,10-13,15H2. The first kappa shape index (κ1) is 20.2. The number of hydrogen-bond donors (Lipinski definition) is 0.